The molecule has 1 heterocycles. The highest BCUT2D eigenvalue weighted by Gasteiger charge is 2.11. The van der Waals surface area contributed by atoms with Crippen LogP contribution in [0.15, 0.2) is 70.4 Å². The lowest BCUT2D eigenvalue weighted by atomic mass is 10.1. The Kier molecular flexibility index (Phi) is 5.84. The van der Waals surface area contributed by atoms with Gasteiger partial charge in [0.05, 0.1) is 6.54 Å². The van der Waals surface area contributed by atoms with E-state index in [0.29, 0.717) is 12.1 Å². The first-order valence-corrected chi connectivity index (χ1v) is 8.80. The summed E-state index contributed by atoms with van der Waals surface area (Å²) in [4.78, 5) is 36.9. The van der Waals surface area contributed by atoms with E-state index >= 15 is 0 Å². The molecule has 144 valence electrons. The number of aryl methyl sites for hydroxylation is 1. The van der Waals surface area contributed by atoms with Gasteiger partial charge in [-0.05, 0) is 24.1 Å². The Labute approximate surface area is 160 Å². The number of carbonyl (C=O) groups excluding carboxylic acids is 1. The third kappa shape index (κ3) is 4.43. The van der Waals surface area contributed by atoms with Gasteiger partial charge in [-0.1, -0.05) is 42.5 Å². The SMILES string of the molecule is Cc1ccccc1Cn1ccc(=O)n(CC(=O)NCc2ccccc2F)c1=O. The quantitative estimate of drug-likeness (QED) is 0.708. The second-order valence-electron chi connectivity index (χ2n) is 6.45. The van der Waals surface area contributed by atoms with E-state index in [1.807, 2.05) is 31.2 Å². The molecule has 0 saturated heterocycles. The van der Waals surface area contributed by atoms with E-state index in [2.05, 4.69) is 5.32 Å². The summed E-state index contributed by atoms with van der Waals surface area (Å²) in [5.74, 6) is -0.976. The van der Waals surface area contributed by atoms with Crippen LogP contribution in [0.25, 0.3) is 0 Å². The third-order valence-electron chi connectivity index (χ3n) is 4.48. The average molecular weight is 381 g/mol. The minimum Gasteiger partial charge on any atom is -0.350 e. The zero-order valence-electron chi connectivity index (χ0n) is 15.4. The molecule has 0 aliphatic heterocycles. The Balaban J connectivity index is 1.76. The fourth-order valence-electron chi connectivity index (χ4n) is 2.83. The average Bonchev–Trinajstić information content (AvgIpc) is 2.68. The standard InChI is InChI=1S/C21H20FN3O3/c1-15-6-2-3-8-17(15)13-24-11-10-20(27)25(21(24)28)14-19(26)23-12-16-7-4-5-9-18(16)22/h2-11H,12-14H2,1H3,(H,23,26). The number of hydrogen-bond donors (Lipinski definition) is 1. The molecule has 2 aromatic carbocycles. The van der Waals surface area contributed by atoms with Crippen LogP contribution in [0.2, 0.25) is 0 Å². The molecule has 0 saturated carbocycles. The second kappa shape index (κ2) is 8.47. The monoisotopic (exact) mass is 381 g/mol. The van der Waals surface area contributed by atoms with Crippen LogP contribution in [0.4, 0.5) is 4.39 Å². The summed E-state index contributed by atoms with van der Waals surface area (Å²) in [5.41, 5.74) is 1.16. The van der Waals surface area contributed by atoms with Crippen molar-refractivity contribution >= 4 is 5.91 Å². The Hall–Kier alpha value is -3.48. The molecule has 3 aromatic rings. The van der Waals surface area contributed by atoms with Gasteiger partial charge >= 0.3 is 5.69 Å². The molecule has 0 radical (unpaired) electrons. The maximum Gasteiger partial charge on any atom is 0.331 e. The highest BCUT2D eigenvalue weighted by atomic mass is 19.1. The molecule has 1 N–H and O–H groups in total. The van der Waals surface area contributed by atoms with E-state index in [1.165, 1.54) is 22.9 Å². The molecule has 28 heavy (non-hydrogen) atoms. The van der Waals surface area contributed by atoms with Gasteiger partial charge in [0.15, 0.2) is 0 Å². The van der Waals surface area contributed by atoms with Crippen molar-refractivity contribution in [2.45, 2.75) is 26.6 Å². The van der Waals surface area contributed by atoms with Crippen molar-refractivity contribution in [1.82, 2.24) is 14.5 Å². The Morgan fingerprint density at radius 3 is 2.39 bits per heavy atom. The zero-order valence-corrected chi connectivity index (χ0v) is 15.4. The lowest BCUT2D eigenvalue weighted by Crippen LogP contribution is -2.43. The van der Waals surface area contributed by atoms with Crippen LogP contribution in [0.3, 0.4) is 0 Å². The van der Waals surface area contributed by atoms with Crippen LogP contribution < -0.4 is 16.6 Å². The van der Waals surface area contributed by atoms with Crippen LogP contribution in [0.1, 0.15) is 16.7 Å². The third-order valence-corrected chi connectivity index (χ3v) is 4.48. The number of amides is 1. The van der Waals surface area contributed by atoms with Crippen molar-refractivity contribution in [3.63, 3.8) is 0 Å². The predicted molar refractivity (Wildman–Crippen MR) is 103 cm³/mol. The van der Waals surface area contributed by atoms with Gasteiger partial charge < -0.3 is 5.32 Å². The minimum absolute atomic E-state index is 0.0233. The molecule has 0 bridgehead atoms. The summed E-state index contributed by atoms with van der Waals surface area (Å²) in [6, 6.07) is 14.9. The Morgan fingerprint density at radius 2 is 1.68 bits per heavy atom. The fourth-order valence-corrected chi connectivity index (χ4v) is 2.83. The first kappa shape index (κ1) is 19.3. The predicted octanol–water partition coefficient (Wildman–Crippen LogP) is 1.82. The van der Waals surface area contributed by atoms with Gasteiger partial charge in [0, 0.05) is 24.4 Å². The number of nitrogens with one attached hydrogen (secondary N) is 1. The molecule has 0 unspecified atom stereocenters. The molecule has 6 nitrogen and oxygen atoms in total. The molecule has 0 spiro atoms. The van der Waals surface area contributed by atoms with Crippen molar-refractivity contribution in [3.8, 4) is 0 Å². The maximum atomic E-state index is 13.6. The van der Waals surface area contributed by atoms with E-state index in [0.717, 1.165) is 15.7 Å². The first-order valence-electron chi connectivity index (χ1n) is 8.80. The van der Waals surface area contributed by atoms with Crippen molar-refractivity contribution in [2.75, 3.05) is 0 Å². The molecule has 1 amide bonds. The molecule has 7 heteroatoms. The largest absolute Gasteiger partial charge is 0.350 e. The van der Waals surface area contributed by atoms with Crippen LogP contribution in [-0.4, -0.2) is 15.0 Å². The normalized spacial score (nSPS) is 10.6. The number of rotatable bonds is 6. The summed E-state index contributed by atoms with van der Waals surface area (Å²) in [6.45, 7) is 1.78. The van der Waals surface area contributed by atoms with Gasteiger partial charge in [0.2, 0.25) is 5.91 Å². The van der Waals surface area contributed by atoms with Crippen molar-refractivity contribution < 1.29 is 9.18 Å². The molecule has 0 fully saturated rings. The minimum atomic E-state index is -0.572. The highest BCUT2D eigenvalue weighted by molar-refractivity contribution is 5.75. The van der Waals surface area contributed by atoms with Gasteiger partial charge in [0.25, 0.3) is 5.56 Å². The van der Waals surface area contributed by atoms with Gasteiger partial charge in [-0.2, -0.15) is 0 Å². The van der Waals surface area contributed by atoms with Crippen LogP contribution in [-0.2, 0) is 24.4 Å². The summed E-state index contributed by atoms with van der Waals surface area (Å²) in [6.07, 6.45) is 1.42. The lowest BCUT2D eigenvalue weighted by Gasteiger charge is -2.12. The molecule has 0 atom stereocenters. The number of carbonyl (C=O) groups is 1. The van der Waals surface area contributed by atoms with E-state index in [1.54, 1.807) is 18.2 Å². The van der Waals surface area contributed by atoms with Crippen LogP contribution in [0.5, 0.6) is 0 Å². The number of aromatic nitrogens is 2. The Bertz CT molecular complexity index is 1120. The van der Waals surface area contributed by atoms with Gasteiger partial charge in [-0.25, -0.2) is 9.18 Å². The molecular weight excluding hydrogens is 361 g/mol. The van der Waals surface area contributed by atoms with Crippen molar-refractivity contribution in [2.24, 2.45) is 0 Å². The summed E-state index contributed by atoms with van der Waals surface area (Å²) >= 11 is 0. The van der Waals surface area contributed by atoms with Crippen LogP contribution in [0, 0.1) is 12.7 Å². The van der Waals surface area contributed by atoms with E-state index in [4.69, 9.17) is 0 Å². The molecule has 3 rings (SSSR count). The van der Waals surface area contributed by atoms with Crippen molar-refractivity contribution in [1.29, 1.82) is 0 Å². The Morgan fingerprint density at radius 1 is 1.00 bits per heavy atom. The smallest absolute Gasteiger partial charge is 0.331 e. The van der Waals surface area contributed by atoms with Gasteiger partial charge in [-0.15, -0.1) is 0 Å². The van der Waals surface area contributed by atoms with Gasteiger partial charge in [0.1, 0.15) is 12.4 Å². The lowest BCUT2D eigenvalue weighted by molar-refractivity contribution is -0.121. The number of hydrogen-bond acceptors (Lipinski definition) is 3. The number of benzene rings is 2. The molecule has 0 aliphatic rings. The summed E-state index contributed by atoms with van der Waals surface area (Å²) in [5, 5.41) is 2.53. The molecule has 1 aromatic heterocycles. The highest BCUT2D eigenvalue weighted by Crippen LogP contribution is 2.08. The van der Waals surface area contributed by atoms with E-state index in [-0.39, 0.29) is 6.54 Å². The van der Waals surface area contributed by atoms with Gasteiger partial charge in [-0.3, -0.25) is 18.7 Å². The fraction of sp³-hybridized carbons (Fsp3) is 0.190. The second-order valence-corrected chi connectivity index (χ2v) is 6.45. The maximum absolute atomic E-state index is 13.6. The summed E-state index contributed by atoms with van der Waals surface area (Å²) < 4.78 is 15.9. The molecular formula is C21H20FN3O3. The van der Waals surface area contributed by atoms with E-state index < -0.39 is 29.5 Å². The van der Waals surface area contributed by atoms with Crippen molar-refractivity contribution in [3.05, 3.63) is 104 Å². The topological polar surface area (TPSA) is 73.1 Å². The van der Waals surface area contributed by atoms with E-state index in [9.17, 15) is 18.8 Å². The number of halogens is 1. The zero-order chi connectivity index (χ0) is 20.1. The van der Waals surface area contributed by atoms with Crippen LogP contribution >= 0.6 is 0 Å². The molecule has 0 aliphatic carbocycles. The first-order chi connectivity index (χ1) is 13.5. The number of nitrogens with zero attached hydrogens (tertiary/aromatic N) is 2. The summed E-state index contributed by atoms with van der Waals surface area (Å²) in [7, 11) is 0.